The van der Waals surface area contributed by atoms with Crippen molar-refractivity contribution in [2.75, 3.05) is 5.32 Å². The number of hydrogen-bond donors (Lipinski definition) is 2. The van der Waals surface area contributed by atoms with Gasteiger partial charge in [-0.3, -0.25) is 0 Å². The lowest BCUT2D eigenvalue weighted by molar-refractivity contribution is 0.722. The maximum absolute atomic E-state index is 5.34. The number of thiocarbonyl (C=S) groups is 1. The topological polar surface area (TPSA) is 24.1 Å². The van der Waals surface area contributed by atoms with Gasteiger partial charge in [0.05, 0.1) is 6.04 Å². The predicted octanol–water partition coefficient (Wildman–Crippen LogP) is 4.30. The first-order valence-corrected chi connectivity index (χ1v) is 7.31. The van der Waals surface area contributed by atoms with Crippen LogP contribution in [0.4, 0.5) is 5.69 Å². The normalized spacial score (nSPS) is 11.7. The van der Waals surface area contributed by atoms with Crippen LogP contribution in [0.25, 0.3) is 0 Å². The van der Waals surface area contributed by atoms with E-state index >= 15 is 0 Å². The average Bonchev–Trinajstić information content (AvgIpc) is 2.48. The Morgan fingerprint density at radius 3 is 2.30 bits per heavy atom. The molecule has 0 radical (unpaired) electrons. The number of aryl methyl sites for hydroxylation is 1. The zero-order chi connectivity index (χ0) is 14.4. The third kappa shape index (κ3) is 4.07. The average molecular weight is 284 g/mol. The molecule has 3 heteroatoms. The largest absolute Gasteiger partial charge is 0.356 e. The Kier molecular flexibility index (Phi) is 5.13. The minimum Gasteiger partial charge on any atom is -0.356 e. The van der Waals surface area contributed by atoms with Gasteiger partial charge in [0.15, 0.2) is 5.11 Å². The van der Waals surface area contributed by atoms with Gasteiger partial charge in [-0.15, -0.1) is 0 Å². The number of benzene rings is 2. The first-order valence-electron chi connectivity index (χ1n) is 6.90. The van der Waals surface area contributed by atoms with E-state index in [-0.39, 0.29) is 6.04 Å². The summed E-state index contributed by atoms with van der Waals surface area (Å²) in [6.07, 6.45) is 1.07. The van der Waals surface area contributed by atoms with Gasteiger partial charge >= 0.3 is 0 Å². The van der Waals surface area contributed by atoms with Gasteiger partial charge in [-0.2, -0.15) is 0 Å². The van der Waals surface area contributed by atoms with E-state index in [9.17, 15) is 0 Å². The molecule has 2 N–H and O–H groups in total. The molecule has 104 valence electrons. The van der Waals surface area contributed by atoms with E-state index in [2.05, 4.69) is 48.7 Å². The lowest BCUT2D eigenvalue weighted by Gasteiger charge is -2.17. The van der Waals surface area contributed by atoms with Crippen molar-refractivity contribution in [3.63, 3.8) is 0 Å². The summed E-state index contributed by atoms with van der Waals surface area (Å²) in [6, 6.07) is 18.8. The summed E-state index contributed by atoms with van der Waals surface area (Å²) < 4.78 is 0. The van der Waals surface area contributed by atoms with Crippen LogP contribution in [-0.2, 0) is 6.42 Å². The summed E-state index contributed by atoms with van der Waals surface area (Å²) in [6.45, 7) is 4.27. The van der Waals surface area contributed by atoms with Gasteiger partial charge in [0.2, 0.25) is 0 Å². The molecule has 0 heterocycles. The van der Waals surface area contributed by atoms with Crippen LogP contribution in [0.2, 0.25) is 0 Å². The zero-order valence-electron chi connectivity index (χ0n) is 11.9. The molecule has 2 rings (SSSR count). The van der Waals surface area contributed by atoms with Crippen LogP contribution >= 0.6 is 12.2 Å². The molecule has 2 aromatic rings. The first kappa shape index (κ1) is 14.5. The fraction of sp³-hybridized carbons (Fsp3) is 0.235. The Hall–Kier alpha value is -1.87. The van der Waals surface area contributed by atoms with Gasteiger partial charge in [-0.25, -0.2) is 0 Å². The Balaban J connectivity index is 1.93. The van der Waals surface area contributed by atoms with E-state index in [4.69, 9.17) is 12.2 Å². The summed E-state index contributed by atoms with van der Waals surface area (Å²) in [5.41, 5.74) is 3.59. The summed E-state index contributed by atoms with van der Waals surface area (Å²) in [5, 5.41) is 7.13. The van der Waals surface area contributed by atoms with Gasteiger partial charge in [0, 0.05) is 5.69 Å². The van der Waals surface area contributed by atoms with Crippen LogP contribution in [0.5, 0.6) is 0 Å². The highest BCUT2D eigenvalue weighted by atomic mass is 32.1. The van der Waals surface area contributed by atoms with Crippen LogP contribution in [0.1, 0.15) is 31.0 Å². The van der Waals surface area contributed by atoms with Crippen LogP contribution in [0, 0.1) is 0 Å². The Labute approximate surface area is 126 Å². The monoisotopic (exact) mass is 284 g/mol. The minimum atomic E-state index is 0.185. The van der Waals surface area contributed by atoms with Crippen LogP contribution in [0.3, 0.4) is 0 Å². The smallest absolute Gasteiger partial charge is 0.171 e. The molecule has 0 aromatic heterocycles. The second-order valence-corrected chi connectivity index (χ2v) is 5.19. The van der Waals surface area contributed by atoms with Crippen LogP contribution in [-0.4, -0.2) is 5.11 Å². The molecule has 0 saturated carbocycles. The van der Waals surface area contributed by atoms with E-state index < -0.39 is 0 Å². The molecule has 0 fully saturated rings. The standard InChI is InChI=1S/C17H20N2S/c1-3-14-9-11-15(12-10-14)13(2)18-17(20)19-16-7-5-4-6-8-16/h4-13H,3H2,1-2H3,(H2,18,19,20)/t13-/m1/s1. The maximum Gasteiger partial charge on any atom is 0.171 e. The van der Waals surface area contributed by atoms with Gasteiger partial charge in [0.25, 0.3) is 0 Å². The van der Waals surface area contributed by atoms with Crippen molar-refractivity contribution in [1.82, 2.24) is 5.32 Å². The van der Waals surface area contributed by atoms with E-state index in [1.807, 2.05) is 30.3 Å². The molecule has 0 amide bonds. The molecule has 2 aromatic carbocycles. The van der Waals surface area contributed by atoms with Gasteiger partial charge in [-0.1, -0.05) is 49.4 Å². The lowest BCUT2D eigenvalue weighted by atomic mass is 10.1. The number of hydrogen-bond acceptors (Lipinski definition) is 1. The molecule has 0 aliphatic rings. The lowest BCUT2D eigenvalue weighted by Crippen LogP contribution is -2.30. The maximum atomic E-state index is 5.34. The molecule has 2 nitrogen and oxygen atoms in total. The fourth-order valence-electron chi connectivity index (χ4n) is 2.01. The Morgan fingerprint density at radius 1 is 1.05 bits per heavy atom. The number of para-hydroxylation sites is 1. The molecule has 0 spiro atoms. The minimum absolute atomic E-state index is 0.185. The van der Waals surface area contributed by atoms with Crippen LogP contribution in [0.15, 0.2) is 54.6 Å². The first-order chi connectivity index (χ1) is 9.69. The van der Waals surface area contributed by atoms with Crippen molar-refractivity contribution >= 4 is 23.0 Å². The highest BCUT2D eigenvalue weighted by Gasteiger charge is 2.06. The van der Waals surface area contributed by atoms with Gasteiger partial charge < -0.3 is 10.6 Å². The fourth-order valence-corrected chi connectivity index (χ4v) is 2.31. The van der Waals surface area contributed by atoms with Gasteiger partial charge in [-0.05, 0) is 48.8 Å². The summed E-state index contributed by atoms with van der Waals surface area (Å²) in [4.78, 5) is 0. The highest BCUT2D eigenvalue weighted by Crippen LogP contribution is 2.14. The molecule has 1 atom stereocenters. The van der Waals surface area contributed by atoms with Crippen molar-refractivity contribution in [3.8, 4) is 0 Å². The molecule has 0 saturated heterocycles. The molecular formula is C17H20N2S. The number of nitrogens with one attached hydrogen (secondary N) is 2. The van der Waals surface area contributed by atoms with E-state index in [1.54, 1.807) is 0 Å². The van der Waals surface area contributed by atoms with E-state index in [0.717, 1.165) is 12.1 Å². The van der Waals surface area contributed by atoms with Crippen molar-refractivity contribution < 1.29 is 0 Å². The quantitative estimate of drug-likeness (QED) is 0.819. The SMILES string of the molecule is CCc1ccc([C@@H](C)NC(=S)Nc2ccccc2)cc1. The molecule has 0 unspecified atom stereocenters. The van der Waals surface area contributed by atoms with Gasteiger partial charge in [0.1, 0.15) is 0 Å². The molecule has 0 bridgehead atoms. The van der Waals surface area contributed by atoms with Crippen molar-refractivity contribution in [2.24, 2.45) is 0 Å². The second kappa shape index (κ2) is 7.06. The summed E-state index contributed by atoms with van der Waals surface area (Å²) in [7, 11) is 0. The van der Waals surface area contributed by atoms with E-state index in [1.165, 1.54) is 11.1 Å². The molecule has 0 aliphatic heterocycles. The Bertz CT molecular complexity index is 549. The number of anilines is 1. The van der Waals surface area contributed by atoms with Crippen molar-refractivity contribution in [1.29, 1.82) is 0 Å². The van der Waals surface area contributed by atoms with Crippen molar-refractivity contribution in [2.45, 2.75) is 26.3 Å². The number of rotatable bonds is 4. The van der Waals surface area contributed by atoms with E-state index in [0.29, 0.717) is 5.11 Å². The van der Waals surface area contributed by atoms with Crippen molar-refractivity contribution in [3.05, 3.63) is 65.7 Å². The Morgan fingerprint density at radius 2 is 1.70 bits per heavy atom. The van der Waals surface area contributed by atoms with Crippen LogP contribution < -0.4 is 10.6 Å². The summed E-state index contributed by atoms with van der Waals surface area (Å²) >= 11 is 5.34. The third-order valence-corrected chi connectivity index (χ3v) is 3.49. The zero-order valence-corrected chi connectivity index (χ0v) is 12.7. The summed E-state index contributed by atoms with van der Waals surface area (Å²) in [5.74, 6) is 0. The molecular weight excluding hydrogens is 264 g/mol. The predicted molar refractivity (Wildman–Crippen MR) is 90.0 cm³/mol. The second-order valence-electron chi connectivity index (χ2n) is 4.78. The molecule has 0 aliphatic carbocycles. The highest BCUT2D eigenvalue weighted by molar-refractivity contribution is 7.80. The third-order valence-electron chi connectivity index (χ3n) is 3.27. The molecule has 20 heavy (non-hydrogen) atoms.